The maximum Gasteiger partial charge on any atom is 0.220 e. The number of carbonyl (C=O) groups is 1. The van der Waals surface area contributed by atoms with E-state index in [1.807, 2.05) is 18.2 Å². The van der Waals surface area contributed by atoms with Gasteiger partial charge in [-0.2, -0.15) is 0 Å². The van der Waals surface area contributed by atoms with Gasteiger partial charge in [0.1, 0.15) is 6.10 Å². The average molecular weight is 490 g/mol. The first-order valence-electron chi connectivity index (χ1n) is 14.8. The Kier molecular flexibility index (Phi) is 14.5. The van der Waals surface area contributed by atoms with Gasteiger partial charge in [0.05, 0.1) is 5.54 Å². The first kappa shape index (κ1) is 31.9. The lowest BCUT2D eigenvalue weighted by Crippen LogP contribution is -2.64. The predicted octanol–water partition coefficient (Wildman–Crippen LogP) is 9.05. The molecule has 0 heterocycles. The van der Waals surface area contributed by atoms with Crippen LogP contribution in [0.4, 0.5) is 0 Å². The van der Waals surface area contributed by atoms with Crippen LogP contribution in [-0.2, 0) is 4.79 Å². The molecular weight excluding hydrogens is 430 g/mol. The van der Waals surface area contributed by atoms with Gasteiger partial charge in [0.2, 0.25) is 5.91 Å². The van der Waals surface area contributed by atoms with E-state index in [0.717, 1.165) is 18.4 Å². The minimum Gasteiger partial charge on any atom is -0.386 e. The molecule has 3 heteroatoms. The predicted molar refractivity (Wildman–Crippen MR) is 153 cm³/mol. The van der Waals surface area contributed by atoms with Gasteiger partial charge in [-0.15, -0.1) is 0 Å². The van der Waals surface area contributed by atoms with Crippen molar-refractivity contribution >= 4 is 5.91 Å². The van der Waals surface area contributed by atoms with Crippen molar-refractivity contribution in [3.63, 3.8) is 0 Å². The summed E-state index contributed by atoms with van der Waals surface area (Å²) < 4.78 is 0. The molecular formula is C32H59NO2. The van der Waals surface area contributed by atoms with E-state index in [9.17, 15) is 9.90 Å². The fraction of sp³-hybridized carbons (Fsp3) is 0.844. The molecule has 1 aliphatic carbocycles. The minimum absolute atomic E-state index is 0.0495. The number of amides is 1. The Hall–Kier alpha value is -1.09. The van der Waals surface area contributed by atoms with Crippen LogP contribution < -0.4 is 5.32 Å². The SMILES string of the molecule is CCCCCCCCCCCCCCCCCC(=O)NC1(C(C)(C)C)C=CC=C(C(C)(C)C)C1O. The number of carbonyl (C=O) groups excluding carboxylic acids is 1. The van der Waals surface area contributed by atoms with E-state index < -0.39 is 11.6 Å². The van der Waals surface area contributed by atoms with Crippen molar-refractivity contribution in [3.05, 3.63) is 23.8 Å². The zero-order valence-corrected chi connectivity index (χ0v) is 24.5. The standard InChI is InChI=1S/C32H59NO2/c1-8-9-10-11-12-13-14-15-16-17-18-19-20-21-22-25-28(34)33-32(31(5,6)7)26-23-24-27(29(32)35)30(2,3)4/h23-24,26,29,35H,8-22,25H2,1-7H3,(H,33,34). The van der Waals surface area contributed by atoms with E-state index in [4.69, 9.17) is 0 Å². The fourth-order valence-electron chi connectivity index (χ4n) is 5.30. The molecule has 0 aliphatic heterocycles. The number of allylic oxidation sites excluding steroid dienone is 2. The number of nitrogens with one attached hydrogen (secondary N) is 1. The Morgan fingerprint density at radius 3 is 1.63 bits per heavy atom. The molecule has 204 valence electrons. The van der Waals surface area contributed by atoms with Crippen LogP contribution in [0.3, 0.4) is 0 Å². The molecule has 0 aromatic rings. The molecule has 2 atom stereocenters. The van der Waals surface area contributed by atoms with Crippen molar-refractivity contribution in [2.45, 2.75) is 163 Å². The highest BCUT2D eigenvalue weighted by atomic mass is 16.3. The Balaban J connectivity index is 2.24. The molecule has 0 spiro atoms. The molecule has 1 aliphatic rings. The molecule has 0 saturated carbocycles. The largest absolute Gasteiger partial charge is 0.386 e. The maximum atomic E-state index is 12.9. The molecule has 35 heavy (non-hydrogen) atoms. The van der Waals surface area contributed by atoms with Gasteiger partial charge in [-0.3, -0.25) is 4.79 Å². The Morgan fingerprint density at radius 1 is 0.800 bits per heavy atom. The molecule has 0 bridgehead atoms. The smallest absolute Gasteiger partial charge is 0.220 e. The van der Waals surface area contributed by atoms with Crippen molar-refractivity contribution in [1.82, 2.24) is 5.32 Å². The number of hydrogen-bond acceptors (Lipinski definition) is 2. The van der Waals surface area contributed by atoms with Gasteiger partial charge in [-0.1, -0.05) is 157 Å². The summed E-state index contributed by atoms with van der Waals surface area (Å²) in [4.78, 5) is 12.9. The zero-order chi connectivity index (χ0) is 26.4. The van der Waals surface area contributed by atoms with Crippen LogP contribution in [0.15, 0.2) is 23.8 Å². The van der Waals surface area contributed by atoms with E-state index >= 15 is 0 Å². The lowest BCUT2D eigenvalue weighted by molar-refractivity contribution is -0.126. The summed E-state index contributed by atoms with van der Waals surface area (Å²) in [5.74, 6) is 0.0495. The summed E-state index contributed by atoms with van der Waals surface area (Å²) in [7, 11) is 0. The second kappa shape index (κ2) is 15.9. The second-order valence-electron chi connectivity index (χ2n) is 13.0. The minimum atomic E-state index is -0.781. The topological polar surface area (TPSA) is 49.3 Å². The fourth-order valence-corrected chi connectivity index (χ4v) is 5.30. The van der Waals surface area contributed by atoms with Crippen molar-refractivity contribution in [2.75, 3.05) is 0 Å². The quantitative estimate of drug-likeness (QED) is 0.200. The Labute approximate surface area is 218 Å². The highest BCUT2D eigenvalue weighted by Gasteiger charge is 2.50. The third-order valence-corrected chi connectivity index (χ3v) is 7.82. The Bertz CT molecular complexity index is 649. The van der Waals surface area contributed by atoms with Crippen LogP contribution in [0, 0.1) is 10.8 Å². The summed E-state index contributed by atoms with van der Waals surface area (Å²) in [5.41, 5.74) is -0.267. The van der Waals surface area contributed by atoms with Crippen LogP contribution in [0.1, 0.15) is 151 Å². The normalized spacial score (nSPS) is 20.7. The van der Waals surface area contributed by atoms with Gasteiger partial charge >= 0.3 is 0 Å². The van der Waals surface area contributed by atoms with Gasteiger partial charge in [-0.25, -0.2) is 0 Å². The van der Waals surface area contributed by atoms with Gasteiger partial charge in [-0.05, 0) is 22.8 Å². The van der Waals surface area contributed by atoms with Crippen LogP contribution in [-0.4, -0.2) is 22.7 Å². The van der Waals surface area contributed by atoms with Crippen LogP contribution in [0.5, 0.6) is 0 Å². The summed E-state index contributed by atoms with van der Waals surface area (Å²) in [5, 5.41) is 14.6. The van der Waals surface area contributed by atoms with Gasteiger partial charge in [0.25, 0.3) is 0 Å². The number of hydrogen-bond donors (Lipinski definition) is 2. The third kappa shape index (κ3) is 11.2. The molecule has 0 saturated heterocycles. The van der Waals surface area contributed by atoms with Crippen molar-refractivity contribution in [2.24, 2.45) is 10.8 Å². The van der Waals surface area contributed by atoms with Crippen LogP contribution >= 0.6 is 0 Å². The van der Waals surface area contributed by atoms with Crippen molar-refractivity contribution in [3.8, 4) is 0 Å². The zero-order valence-electron chi connectivity index (χ0n) is 24.5. The number of aliphatic hydroxyl groups is 1. The molecule has 1 rings (SSSR count). The molecule has 0 aromatic carbocycles. The van der Waals surface area contributed by atoms with E-state index in [-0.39, 0.29) is 16.7 Å². The maximum absolute atomic E-state index is 12.9. The lowest BCUT2D eigenvalue weighted by Gasteiger charge is -2.50. The number of rotatable bonds is 17. The molecule has 2 unspecified atom stereocenters. The summed E-state index contributed by atoms with van der Waals surface area (Å²) in [6, 6.07) is 0. The monoisotopic (exact) mass is 489 g/mol. The third-order valence-electron chi connectivity index (χ3n) is 7.82. The molecule has 0 radical (unpaired) electrons. The first-order chi connectivity index (χ1) is 16.5. The number of unbranched alkanes of at least 4 members (excludes halogenated alkanes) is 14. The molecule has 2 N–H and O–H groups in total. The highest BCUT2D eigenvalue weighted by Crippen LogP contribution is 2.43. The molecule has 3 nitrogen and oxygen atoms in total. The Morgan fingerprint density at radius 2 is 1.23 bits per heavy atom. The van der Waals surface area contributed by atoms with E-state index in [2.05, 4.69) is 53.8 Å². The summed E-state index contributed by atoms with van der Waals surface area (Å²) in [6.07, 6.45) is 25.7. The summed E-state index contributed by atoms with van der Waals surface area (Å²) in [6.45, 7) is 14.9. The van der Waals surface area contributed by atoms with Gasteiger partial charge in [0, 0.05) is 6.42 Å². The van der Waals surface area contributed by atoms with Crippen LogP contribution in [0.25, 0.3) is 0 Å². The van der Waals surface area contributed by atoms with Crippen molar-refractivity contribution in [1.29, 1.82) is 0 Å². The van der Waals surface area contributed by atoms with E-state index in [1.54, 1.807) is 0 Å². The average Bonchev–Trinajstić information content (AvgIpc) is 2.76. The second-order valence-corrected chi connectivity index (χ2v) is 13.0. The van der Waals surface area contributed by atoms with Gasteiger partial charge < -0.3 is 10.4 Å². The van der Waals surface area contributed by atoms with E-state index in [1.165, 1.54) is 83.5 Å². The summed E-state index contributed by atoms with van der Waals surface area (Å²) >= 11 is 0. The lowest BCUT2D eigenvalue weighted by atomic mass is 9.63. The number of aliphatic hydroxyl groups excluding tert-OH is 1. The van der Waals surface area contributed by atoms with Crippen molar-refractivity contribution < 1.29 is 9.90 Å². The highest BCUT2D eigenvalue weighted by molar-refractivity contribution is 5.77. The molecule has 0 aromatic heterocycles. The van der Waals surface area contributed by atoms with E-state index in [0.29, 0.717) is 6.42 Å². The van der Waals surface area contributed by atoms with Gasteiger partial charge in [0.15, 0.2) is 0 Å². The molecule has 1 amide bonds. The first-order valence-corrected chi connectivity index (χ1v) is 14.8. The van der Waals surface area contributed by atoms with Crippen LogP contribution in [0.2, 0.25) is 0 Å². The molecule has 0 fully saturated rings.